The van der Waals surface area contributed by atoms with Gasteiger partial charge in [-0.25, -0.2) is 0 Å². The van der Waals surface area contributed by atoms with Gasteiger partial charge in [0.05, 0.1) is 16.3 Å². The number of rotatable bonds is 2. The number of nitrogens with zero attached hydrogens (tertiary/aromatic N) is 1. The van der Waals surface area contributed by atoms with Crippen LogP contribution in [0.2, 0.25) is 0 Å². The van der Waals surface area contributed by atoms with Crippen LogP contribution in [-0.4, -0.2) is 4.57 Å². The van der Waals surface area contributed by atoms with Gasteiger partial charge >= 0.3 is 0 Å². The largest absolute Gasteiger partial charge is 0.456 e. The molecule has 6 aromatic carbocycles. The molecule has 2 aliphatic heterocycles. The Morgan fingerprint density at radius 2 is 1.05 bits per heavy atom. The summed E-state index contributed by atoms with van der Waals surface area (Å²) in [6.45, 7) is 0. The second-order valence-electron chi connectivity index (χ2n) is 10.2. The van der Waals surface area contributed by atoms with Crippen LogP contribution in [-0.2, 0) is 0 Å². The third-order valence-electron chi connectivity index (χ3n) is 7.94. The van der Waals surface area contributed by atoms with Gasteiger partial charge in [0.1, 0.15) is 23.0 Å². The zero-order valence-electron chi connectivity index (χ0n) is 21.4. The molecule has 0 bridgehead atoms. The molecule has 3 nitrogen and oxygen atoms in total. The zero-order valence-corrected chi connectivity index (χ0v) is 22.3. The first-order valence-electron chi connectivity index (χ1n) is 13.4. The van der Waals surface area contributed by atoms with E-state index in [4.69, 9.17) is 9.47 Å². The lowest BCUT2D eigenvalue weighted by Crippen LogP contribution is -2.31. The lowest BCUT2D eigenvalue weighted by atomic mass is 10.0. The van der Waals surface area contributed by atoms with Crippen LogP contribution in [0.1, 0.15) is 0 Å². The minimum absolute atomic E-state index is 0.760. The second kappa shape index (κ2) is 8.32. The van der Waals surface area contributed by atoms with Gasteiger partial charge in [0.25, 0.3) is 0 Å². The van der Waals surface area contributed by atoms with Crippen molar-refractivity contribution in [1.82, 2.24) is 4.57 Å². The molecule has 7 aromatic rings. The van der Waals surface area contributed by atoms with Crippen LogP contribution >= 0.6 is 7.92 Å². The van der Waals surface area contributed by atoms with Gasteiger partial charge in [0.2, 0.25) is 0 Å². The van der Waals surface area contributed by atoms with E-state index in [-0.39, 0.29) is 0 Å². The molecule has 0 fully saturated rings. The summed E-state index contributed by atoms with van der Waals surface area (Å²) in [5.41, 5.74) is 5.77. The summed E-state index contributed by atoms with van der Waals surface area (Å²) in [7, 11) is -0.760. The van der Waals surface area contributed by atoms with Gasteiger partial charge in [-0.2, -0.15) is 0 Å². The van der Waals surface area contributed by atoms with E-state index < -0.39 is 7.92 Å². The van der Waals surface area contributed by atoms with Crippen molar-refractivity contribution < 1.29 is 9.47 Å². The van der Waals surface area contributed by atoms with Crippen molar-refractivity contribution >= 4 is 45.6 Å². The molecular formula is C36H22NO2P. The highest BCUT2D eigenvalue weighted by Crippen LogP contribution is 2.53. The van der Waals surface area contributed by atoms with E-state index in [1.165, 1.54) is 32.4 Å². The molecule has 3 heterocycles. The standard InChI is InChI=1S/C36H22NO2P/c1-2-10-25(11-3-1)37-28-13-5-4-12-26(28)27-20-23(18-19-29(27)37)24-21-32-36-33(22-24)39-31-15-7-9-17-35(31)40(36)34-16-8-6-14-30(34)38-32/h1-22H. The summed E-state index contributed by atoms with van der Waals surface area (Å²) < 4.78 is 15.5. The maximum Gasteiger partial charge on any atom is 0.140 e. The van der Waals surface area contributed by atoms with Gasteiger partial charge < -0.3 is 14.0 Å². The van der Waals surface area contributed by atoms with Crippen molar-refractivity contribution in [3.05, 3.63) is 133 Å². The number of hydrogen-bond acceptors (Lipinski definition) is 2. The zero-order chi connectivity index (χ0) is 26.2. The summed E-state index contributed by atoms with van der Waals surface area (Å²) >= 11 is 0. The Labute approximate surface area is 232 Å². The van der Waals surface area contributed by atoms with Crippen molar-refractivity contribution in [2.45, 2.75) is 0 Å². The molecule has 0 N–H and O–H groups in total. The lowest BCUT2D eigenvalue weighted by molar-refractivity contribution is 0.467. The maximum absolute atomic E-state index is 6.55. The number of aromatic nitrogens is 1. The van der Waals surface area contributed by atoms with Crippen molar-refractivity contribution in [2.24, 2.45) is 0 Å². The molecule has 0 spiro atoms. The normalized spacial score (nSPS) is 13.3. The quantitative estimate of drug-likeness (QED) is 0.209. The van der Waals surface area contributed by atoms with E-state index in [0.717, 1.165) is 45.1 Å². The monoisotopic (exact) mass is 531 g/mol. The fourth-order valence-electron chi connectivity index (χ4n) is 6.20. The smallest absolute Gasteiger partial charge is 0.140 e. The number of para-hydroxylation sites is 4. The number of fused-ring (bicyclic) bond motifs is 7. The van der Waals surface area contributed by atoms with Gasteiger partial charge in [-0.05, 0) is 65.7 Å². The summed E-state index contributed by atoms with van der Waals surface area (Å²) in [4.78, 5) is 0. The fraction of sp³-hybridized carbons (Fsp3) is 0. The molecule has 1 aromatic heterocycles. The molecular weight excluding hydrogens is 509 g/mol. The van der Waals surface area contributed by atoms with Crippen LogP contribution < -0.4 is 25.4 Å². The number of ether oxygens (including phenoxy) is 2. The predicted molar refractivity (Wildman–Crippen MR) is 165 cm³/mol. The third-order valence-corrected chi connectivity index (χ3v) is 10.5. The first-order valence-corrected chi connectivity index (χ1v) is 14.8. The van der Waals surface area contributed by atoms with Crippen LogP contribution in [0.4, 0.5) is 0 Å². The van der Waals surface area contributed by atoms with Crippen LogP contribution in [0.25, 0.3) is 38.6 Å². The highest BCUT2D eigenvalue weighted by molar-refractivity contribution is 7.80. The highest BCUT2D eigenvalue weighted by atomic mass is 31.1. The van der Waals surface area contributed by atoms with E-state index in [0.29, 0.717) is 0 Å². The molecule has 0 radical (unpaired) electrons. The molecule has 2 aliphatic rings. The molecule has 0 atom stereocenters. The van der Waals surface area contributed by atoms with E-state index in [2.05, 4.69) is 126 Å². The molecule has 188 valence electrons. The van der Waals surface area contributed by atoms with Crippen molar-refractivity contribution in [1.29, 1.82) is 0 Å². The minimum Gasteiger partial charge on any atom is -0.456 e. The molecule has 0 unspecified atom stereocenters. The summed E-state index contributed by atoms with van der Waals surface area (Å²) in [5, 5.41) is 6.11. The molecule has 4 heteroatoms. The molecule has 40 heavy (non-hydrogen) atoms. The average molecular weight is 532 g/mol. The Kier molecular flexibility index (Phi) is 4.58. The Morgan fingerprint density at radius 3 is 1.77 bits per heavy atom. The van der Waals surface area contributed by atoms with Crippen molar-refractivity contribution in [3.63, 3.8) is 0 Å². The highest BCUT2D eigenvalue weighted by Gasteiger charge is 2.37. The van der Waals surface area contributed by atoms with E-state index >= 15 is 0 Å². The summed E-state index contributed by atoms with van der Waals surface area (Å²) in [6, 6.07) is 47.2. The summed E-state index contributed by atoms with van der Waals surface area (Å²) in [5.74, 6) is 3.64. The topological polar surface area (TPSA) is 23.4 Å². The molecule has 0 amide bonds. The lowest BCUT2D eigenvalue weighted by Gasteiger charge is -2.34. The second-order valence-corrected chi connectivity index (χ2v) is 12.3. The van der Waals surface area contributed by atoms with E-state index in [1.807, 2.05) is 12.1 Å². The molecule has 0 saturated carbocycles. The average Bonchev–Trinajstić information content (AvgIpc) is 3.35. The Hall–Kier alpha value is -4.85. The Morgan fingerprint density at radius 1 is 0.450 bits per heavy atom. The van der Waals surface area contributed by atoms with Crippen LogP contribution in [0.5, 0.6) is 23.0 Å². The predicted octanol–water partition coefficient (Wildman–Crippen LogP) is 8.42. The van der Waals surface area contributed by atoms with Gasteiger partial charge in [0, 0.05) is 35.0 Å². The van der Waals surface area contributed by atoms with Gasteiger partial charge in [0.15, 0.2) is 0 Å². The Balaban J connectivity index is 1.26. The SMILES string of the molecule is c1ccc(-n2c3ccccc3c3cc(-c4cc5c6c(c4)Oc4ccccc4P6c4ccccc4O5)ccc32)cc1. The fourth-order valence-corrected chi connectivity index (χ4v) is 8.75. The van der Waals surface area contributed by atoms with Crippen LogP contribution in [0.3, 0.4) is 0 Å². The van der Waals surface area contributed by atoms with Gasteiger partial charge in [-0.1, -0.05) is 78.9 Å². The third kappa shape index (κ3) is 3.10. The van der Waals surface area contributed by atoms with E-state index in [1.54, 1.807) is 0 Å². The summed E-state index contributed by atoms with van der Waals surface area (Å²) in [6.07, 6.45) is 0. The van der Waals surface area contributed by atoms with Gasteiger partial charge in [-0.15, -0.1) is 0 Å². The molecule has 0 saturated heterocycles. The van der Waals surface area contributed by atoms with Crippen molar-refractivity contribution in [3.8, 4) is 39.8 Å². The van der Waals surface area contributed by atoms with E-state index in [9.17, 15) is 0 Å². The maximum atomic E-state index is 6.55. The molecule has 0 aliphatic carbocycles. The first-order chi connectivity index (χ1) is 19.8. The number of hydrogen-bond donors (Lipinski definition) is 0. The first kappa shape index (κ1) is 22.0. The number of benzene rings is 6. The minimum atomic E-state index is -0.760. The van der Waals surface area contributed by atoms with Crippen LogP contribution in [0.15, 0.2) is 133 Å². The van der Waals surface area contributed by atoms with Crippen LogP contribution in [0, 0.1) is 0 Å². The molecule has 9 rings (SSSR count). The van der Waals surface area contributed by atoms with Crippen molar-refractivity contribution in [2.75, 3.05) is 0 Å². The Bertz CT molecular complexity index is 2060. The van der Waals surface area contributed by atoms with Gasteiger partial charge in [-0.3, -0.25) is 0 Å².